The Labute approximate surface area is 139 Å². The molecule has 0 bridgehead atoms. The molecule has 1 aromatic carbocycles. The number of rotatable bonds is 3. The zero-order valence-corrected chi connectivity index (χ0v) is 13.3. The molecular formula is C19H19N3O2. The quantitative estimate of drug-likeness (QED) is 0.776. The predicted molar refractivity (Wildman–Crippen MR) is 94.0 cm³/mol. The van der Waals surface area contributed by atoms with Crippen LogP contribution in [0.5, 0.6) is 0 Å². The number of carbonyl (C=O) groups excluding carboxylic acids is 1. The maximum Gasteiger partial charge on any atom is 0.258 e. The normalized spacial score (nSPS) is 15.2. The smallest absolute Gasteiger partial charge is 0.258 e. The summed E-state index contributed by atoms with van der Waals surface area (Å²) in [5.41, 5.74) is 8.47. The van der Waals surface area contributed by atoms with E-state index in [-0.39, 0.29) is 5.56 Å². The Morgan fingerprint density at radius 3 is 2.50 bits per heavy atom. The highest BCUT2D eigenvalue weighted by molar-refractivity contribution is 5.97. The van der Waals surface area contributed by atoms with Gasteiger partial charge in [-0.2, -0.15) is 0 Å². The van der Waals surface area contributed by atoms with Gasteiger partial charge < -0.3 is 15.3 Å². The van der Waals surface area contributed by atoms with Crippen LogP contribution in [0.3, 0.4) is 0 Å². The highest BCUT2D eigenvalue weighted by Crippen LogP contribution is 2.36. The lowest BCUT2D eigenvalue weighted by molar-refractivity contribution is 0.100. The van der Waals surface area contributed by atoms with E-state index in [4.69, 9.17) is 5.73 Å². The minimum Gasteiger partial charge on any atom is -0.366 e. The van der Waals surface area contributed by atoms with Gasteiger partial charge in [-0.3, -0.25) is 9.59 Å². The van der Waals surface area contributed by atoms with Crippen molar-refractivity contribution in [2.24, 2.45) is 5.73 Å². The molecule has 0 spiro atoms. The van der Waals surface area contributed by atoms with Gasteiger partial charge in [0.05, 0.1) is 10.9 Å². The third-order valence-electron chi connectivity index (χ3n) is 4.95. The number of aromatic nitrogens is 2. The monoisotopic (exact) mass is 321 g/mol. The van der Waals surface area contributed by atoms with Crippen LogP contribution >= 0.6 is 0 Å². The summed E-state index contributed by atoms with van der Waals surface area (Å²) in [6, 6.07) is 9.52. The van der Waals surface area contributed by atoms with E-state index in [9.17, 15) is 9.59 Å². The Balaban J connectivity index is 1.91. The molecule has 5 heteroatoms. The van der Waals surface area contributed by atoms with Crippen LogP contribution in [-0.4, -0.2) is 15.5 Å². The van der Waals surface area contributed by atoms with Gasteiger partial charge in [0, 0.05) is 29.6 Å². The number of aromatic amines is 1. The molecule has 0 atom stereocenters. The number of H-pyrrole nitrogens is 1. The Bertz CT molecular complexity index is 960. The largest absolute Gasteiger partial charge is 0.366 e. The van der Waals surface area contributed by atoms with Crippen LogP contribution in [0.15, 0.2) is 47.5 Å². The van der Waals surface area contributed by atoms with E-state index in [0.717, 1.165) is 29.5 Å². The fraction of sp³-hybridized carbons (Fsp3) is 0.263. The van der Waals surface area contributed by atoms with Gasteiger partial charge >= 0.3 is 0 Å². The number of benzene rings is 1. The molecule has 1 fully saturated rings. The molecule has 122 valence electrons. The van der Waals surface area contributed by atoms with E-state index in [1.54, 1.807) is 18.3 Å². The SMILES string of the molecule is NC(=O)c1ccc(-c2cn(C3CCCC3)c3cc[nH]c(=O)c23)cc1. The molecule has 3 aromatic rings. The van der Waals surface area contributed by atoms with Crippen LogP contribution in [0.25, 0.3) is 22.0 Å². The molecule has 2 heterocycles. The molecule has 1 amide bonds. The van der Waals surface area contributed by atoms with Crippen molar-refractivity contribution in [2.75, 3.05) is 0 Å². The third kappa shape index (κ3) is 2.33. The molecule has 4 rings (SSSR count). The second-order valence-electron chi connectivity index (χ2n) is 6.40. The number of pyridine rings is 1. The molecule has 1 aliphatic rings. The Hall–Kier alpha value is -2.82. The highest BCUT2D eigenvalue weighted by Gasteiger charge is 2.21. The molecule has 0 saturated heterocycles. The van der Waals surface area contributed by atoms with Gasteiger partial charge in [-0.25, -0.2) is 0 Å². The van der Waals surface area contributed by atoms with Crippen LogP contribution in [0.2, 0.25) is 0 Å². The number of nitrogens with one attached hydrogen (secondary N) is 1. The molecule has 24 heavy (non-hydrogen) atoms. The van der Waals surface area contributed by atoms with Crippen molar-refractivity contribution in [3.8, 4) is 11.1 Å². The average molecular weight is 321 g/mol. The number of nitrogens with zero attached hydrogens (tertiary/aromatic N) is 1. The first-order valence-corrected chi connectivity index (χ1v) is 8.27. The van der Waals surface area contributed by atoms with Gasteiger partial charge in [0.1, 0.15) is 0 Å². The van der Waals surface area contributed by atoms with Crippen molar-refractivity contribution in [2.45, 2.75) is 31.7 Å². The summed E-state index contributed by atoms with van der Waals surface area (Å²) in [6.45, 7) is 0. The van der Waals surface area contributed by atoms with Crippen molar-refractivity contribution in [1.82, 2.24) is 9.55 Å². The molecule has 3 N–H and O–H groups in total. The second-order valence-corrected chi connectivity index (χ2v) is 6.40. The molecule has 1 aliphatic carbocycles. The first-order valence-electron chi connectivity index (χ1n) is 8.27. The van der Waals surface area contributed by atoms with Gasteiger partial charge in [0.2, 0.25) is 5.91 Å². The minimum atomic E-state index is -0.451. The fourth-order valence-electron chi connectivity index (χ4n) is 3.73. The summed E-state index contributed by atoms with van der Waals surface area (Å²) >= 11 is 0. The number of hydrogen-bond donors (Lipinski definition) is 2. The second kappa shape index (κ2) is 5.67. The summed E-state index contributed by atoms with van der Waals surface area (Å²) < 4.78 is 2.24. The van der Waals surface area contributed by atoms with Crippen molar-refractivity contribution in [3.05, 3.63) is 58.6 Å². The third-order valence-corrected chi connectivity index (χ3v) is 4.95. The maximum absolute atomic E-state index is 12.4. The van der Waals surface area contributed by atoms with Crippen LogP contribution in [-0.2, 0) is 0 Å². The fourth-order valence-corrected chi connectivity index (χ4v) is 3.73. The van der Waals surface area contributed by atoms with E-state index in [2.05, 4.69) is 15.7 Å². The lowest BCUT2D eigenvalue weighted by Gasteiger charge is -2.12. The molecule has 1 saturated carbocycles. The van der Waals surface area contributed by atoms with E-state index in [0.29, 0.717) is 17.0 Å². The van der Waals surface area contributed by atoms with Crippen molar-refractivity contribution in [1.29, 1.82) is 0 Å². The van der Waals surface area contributed by atoms with E-state index >= 15 is 0 Å². The summed E-state index contributed by atoms with van der Waals surface area (Å²) in [6.07, 6.45) is 8.55. The van der Waals surface area contributed by atoms with Crippen LogP contribution < -0.4 is 11.3 Å². The zero-order valence-electron chi connectivity index (χ0n) is 13.3. The lowest BCUT2D eigenvalue weighted by atomic mass is 10.0. The lowest BCUT2D eigenvalue weighted by Crippen LogP contribution is -2.10. The standard InChI is InChI=1S/C19H19N3O2/c20-18(23)13-7-5-12(6-8-13)15-11-22(14-3-1-2-4-14)16-9-10-21-19(24)17(15)16/h5-11,14H,1-4H2,(H2,20,23)(H,21,24). The van der Waals surface area contributed by atoms with Crippen LogP contribution in [0.4, 0.5) is 0 Å². The summed E-state index contributed by atoms with van der Waals surface area (Å²) in [4.78, 5) is 26.5. The summed E-state index contributed by atoms with van der Waals surface area (Å²) in [5, 5.41) is 0.705. The Morgan fingerprint density at radius 2 is 1.83 bits per heavy atom. The van der Waals surface area contributed by atoms with Gasteiger partial charge in [-0.05, 0) is 36.6 Å². The molecule has 0 unspecified atom stereocenters. The maximum atomic E-state index is 12.4. The van der Waals surface area contributed by atoms with Crippen molar-refractivity contribution < 1.29 is 4.79 Å². The first kappa shape index (κ1) is 14.8. The Morgan fingerprint density at radius 1 is 1.12 bits per heavy atom. The van der Waals surface area contributed by atoms with Crippen molar-refractivity contribution >= 4 is 16.8 Å². The van der Waals surface area contributed by atoms with Gasteiger partial charge in [0.25, 0.3) is 5.56 Å². The topological polar surface area (TPSA) is 80.9 Å². The van der Waals surface area contributed by atoms with E-state index in [1.165, 1.54) is 12.8 Å². The van der Waals surface area contributed by atoms with E-state index < -0.39 is 5.91 Å². The molecule has 0 aliphatic heterocycles. The summed E-state index contributed by atoms with van der Waals surface area (Å²) in [7, 11) is 0. The van der Waals surface area contributed by atoms with Gasteiger partial charge in [-0.1, -0.05) is 25.0 Å². The number of amides is 1. The van der Waals surface area contributed by atoms with Crippen LogP contribution in [0.1, 0.15) is 42.1 Å². The highest BCUT2D eigenvalue weighted by atomic mass is 16.1. The number of primary amides is 1. The number of carbonyl (C=O) groups is 1. The van der Waals surface area contributed by atoms with Crippen molar-refractivity contribution in [3.63, 3.8) is 0 Å². The number of fused-ring (bicyclic) bond motifs is 1. The molecule has 2 aromatic heterocycles. The number of hydrogen-bond acceptors (Lipinski definition) is 2. The van der Waals surface area contributed by atoms with Crippen LogP contribution in [0, 0.1) is 0 Å². The molecule has 5 nitrogen and oxygen atoms in total. The minimum absolute atomic E-state index is 0.0850. The van der Waals surface area contributed by atoms with Gasteiger partial charge in [0.15, 0.2) is 0 Å². The Kier molecular flexibility index (Phi) is 3.49. The number of nitrogens with two attached hydrogens (primary N) is 1. The molecule has 0 radical (unpaired) electrons. The zero-order chi connectivity index (χ0) is 16.7. The van der Waals surface area contributed by atoms with E-state index in [1.807, 2.05) is 18.2 Å². The average Bonchev–Trinajstić information content (AvgIpc) is 3.23. The van der Waals surface area contributed by atoms with Gasteiger partial charge in [-0.15, -0.1) is 0 Å². The first-order chi connectivity index (χ1) is 11.6. The molecular weight excluding hydrogens is 302 g/mol. The summed E-state index contributed by atoms with van der Waals surface area (Å²) in [5.74, 6) is -0.451. The predicted octanol–water partition coefficient (Wildman–Crippen LogP) is 3.21.